The molecule has 0 unspecified atom stereocenters. The summed E-state index contributed by atoms with van der Waals surface area (Å²) in [4.78, 5) is 23.8. The van der Waals surface area contributed by atoms with Crippen LogP contribution in [0.25, 0.3) is 0 Å². The molecular formula is C20H20N2O4S. The highest BCUT2D eigenvalue weighted by molar-refractivity contribution is 7.80. The summed E-state index contributed by atoms with van der Waals surface area (Å²) < 4.78 is 10.7. The van der Waals surface area contributed by atoms with E-state index in [0.29, 0.717) is 16.8 Å². The van der Waals surface area contributed by atoms with E-state index >= 15 is 0 Å². The summed E-state index contributed by atoms with van der Waals surface area (Å²) in [6.07, 6.45) is 1.03. The quantitative estimate of drug-likeness (QED) is 0.605. The van der Waals surface area contributed by atoms with Crippen molar-refractivity contribution in [3.05, 3.63) is 59.2 Å². The molecular weight excluding hydrogens is 364 g/mol. The first-order chi connectivity index (χ1) is 13.0. The highest BCUT2D eigenvalue weighted by Crippen LogP contribution is 2.23. The highest BCUT2D eigenvalue weighted by atomic mass is 32.1. The van der Waals surface area contributed by atoms with Crippen molar-refractivity contribution in [3.63, 3.8) is 0 Å². The van der Waals surface area contributed by atoms with Gasteiger partial charge in [0.25, 0.3) is 5.91 Å². The molecule has 0 saturated heterocycles. The number of carbonyl (C=O) groups is 2. The fourth-order valence-corrected chi connectivity index (χ4v) is 2.76. The van der Waals surface area contributed by atoms with Crippen molar-refractivity contribution in [1.82, 2.24) is 5.32 Å². The average Bonchev–Trinajstić information content (AvgIpc) is 3.02. The second-order valence-electron chi connectivity index (χ2n) is 6.22. The van der Waals surface area contributed by atoms with Gasteiger partial charge in [-0.3, -0.25) is 10.1 Å². The predicted octanol–water partition coefficient (Wildman–Crippen LogP) is 3.66. The maximum absolute atomic E-state index is 12.3. The van der Waals surface area contributed by atoms with Gasteiger partial charge in [0.2, 0.25) is 0 Å². The molecule has 0 bridgehead atoms. The monoisotopic (exact) mass is 384 g/mol. The van der Waals surface area contributed by atoms with Gasteiger partial charge in [0.05, 0.1) is 11.7 Å². The molecule has 6 nitrogen and oxygen atoms in total. The van der Waals surface area contributed by atoms with Gasteiger partial charge < -0.3 is 14.8 Å². The number of anilines is 1. The molecule has 1 amide bonds. The summed E-state index contributed by atoms with van der Waals surface area (Å²) >= 11 is 5.20. The largest absolute Gasteiger partial charge is 0.491 e. The van der Waals surface area contributed by atoms with E-state index in [1.165, 1.54) is 0 Å². The Kier molecular flexibility index (Phi) is 5.71. The van der Waals surface area contributed by atoms with Crippen molar-refractivity contribution in [2.24, 2.45) is 0 Å². The molecule has 0 fully saturated rings. The van der Waals surface area contributed by atoms with Crippen molar-refractivity contribution >= 4 is 34.9 Å². The molecule has 7 heteroatoms. The normalized spacial score (nSPS) is 13.3. The van der Waals surface area contributed by atoms with Crippen LogP contribution >= 0.6 is 12.2 Å². The van der Waals surface area contributed by atoms with Crippen LogP contribution in [0.2, 0.25) is 0 Å². The summed E-state index contributed by atoms with van der Waals surface area (Å²) in [6, 6.07) is 12.1. The first kappa shape index (κ1) is 18.8. The molecule has 0 aliphatic carbocycles. The molecule has 3 rings (SSSR count). The number of esters is 1. The van der Waals surface area contributed by atoms with Crippen LogP contribution in [0.3, 0.4) is 0 Å². The summed E-state index contributed by atoms with van der Waals surface area (Å²) in [5, 5.41) is 5.75. The lowest BCUT2D eigenvalue weighted by Gasteiger charge is -2.13. The summed E-state index contributed by atoms with van der Waals surface area (Å²) in [6.45, 7) is 4.28. The van der Waals surface area contributed by atoms with Gasteiger partial charge in [0.15, 0.2) is 5.11 Å². The topological polar surface area (TPSA) is 76.7 Å². The average molecular weight is 384 g/mol. The third kappa shape index (κ3) is 4.62. The molecule has 1 aliphatic heterocycles. The van der Waals surface area contributed by atoms with Gasteiger partial charge in [-0.25, -0.2) is 4.79 Å². The number of carbonyl (C=O) groups excluding carboxylic acids is 2. The lowest BCUT2D eigenvalue weighted by atomic mass is 10.1. The Hall–Kier alpha value is -2.93. The number of hydrogen-bond acceptors (Lipinski definition) is 5. The highest BCUT2D eigenvalue weighted by Gasteiger charge is 2.21. The third-order valence-electron chi connectivity index (χ3n) is 4.20. The van der Waals surface area contributed by atoms with Gasteiger partial charge in [-0.05, 0) is 68.0 Å². The van der Waals surface area contributed by atoms with Crippen molar-refractivity contribution in [3.8, 4) is 5.75 Å². The Balaban J connectivity index is 1.57. The second kappa shape index (κ2) is 8.18. The Morgan fingerprint density at radius 1 is 1.26 bits per heavy atom. The van der Waals surface area contributed by atoms with Crippen LogP contribution < -0.4 is 15.4 Å². The van der Waals surface area contributed by atoms with E-state index in [-0.39, 0.29) is 29.7 Å². The molecule has 1 atom stereocenters. The smallest absolute Gasteiger partial charge is 0.338 e. The minimum Gasteiger partial charge on any atom is -0.491 e. The van der Waals surface area contributed by atoms with Crippen molar-refractivity contribution in [2.45, 2.75) is 33.0 Å². The Bertz CT molecular complexity index is 880. The molecule has 0 saturated carbocycles. The van der Waals surface area contributed by atoms with Gasteiger partial charge in [0.1, 0.15) is 12.4 Å². The fraction of sp³-hybridized carbons (Fsp3) is 0.250. The molecule has 2 aromatic rings. The van der Waals surface area contributed by atoms with E-state index < -0.39 is 0 Å². The fourth-order valence-electron chi connectivity index (χ4n) is 2.55. The molecule has 140 valence electrons. The van der Waals surface area contributed by atoms with E-state index in [9.17, 15) is 9.59 Å². The number of nitrogens with one attached hydrogen (secondary N) is 2. The van der Waals surface area contributed by atoms with Crippen LogP contribution in [0.5, 0.6) is 5.75 Å². The zero-order chi connectivity index (χ0) is 19.4. The first-order valence-electron chi connectivity index (χ1n) is 8.65. The number of rotatable bonds is 5. The van der Waals surface area contributed by atoms with Gasteiger partial charge in [-0.1, -0.05) is 6.92 Å². The Morgan fingerprint density at radius 2 is 2.00 bits per heavy atom. The standard InChI is InChI=1S/C20H20N2O4S/c1-3-12(2)26-16-7-4-13(5-8-16)18(23)22-20(27)21-15-6-9-17-14(10-15)11-25-19(17)24/h4-10,12H,3,11H2,1-2H3,(H2,21,22,23,27)/t12-/m1/s1. The molecule has 0 radical (unpaired) electrons. The second-order valence-corrected chi connectivity index (χ2v) is 6.63. The zero-order valence-corrected chi connectivity index (χ0v) is 15.9. The van der Waals surface area contributed by atoms with E-state index in [2.05, 4.69) is 10.6 Å². The number of cyclic esters (lactones) is 1. The van der Waals surface area contributed by atoms with Crippen molar-refractivity contribution in [2.75, 3.05) is 5.32 Å². The first-order valence-corrected chi connectivity index (χ1v) is 9.06. The molecule has 0 aromatic heterocycles. The predicted molar refractivity (Wildman–Crippen MR) is 106 cm³/mol. The SMILES string of the molecule is CC[C@@H](C)Oc1ccc(C(=O)NC(=S)Nc2ccc3c(c2)COC3=O)cc1. The molecule has 0 spiro atoms. The molecule has 1 aliphatic rings. The van der Waals surface area contributed by atoms with Gasteiger partial charge in [-0.15, -0.1) is 0 Å². The molecule has 2 aromatic carbocycles. The zero-order valence-electron chi connectivity index (χ0n) is 15.1. The molecule has 1 heterocycles. The number of fused-ring (bicyclic) bond motifs is 1. The van der Waals surface area contributed by atoms with E-state index in [0.717, 1.165) is 17.7 Å². The van der Waals surface area contributed by atoms with Gasteiger partial charge in [0, 0.05) is 16.8 Å². The number of hydrogen-bond donors (Lipinski definition) is 2. The van der Waals surface area contributed by atoms with Crippen LogP contribution in [-0.2, 0) is 11.3 Å². The lowest BCUT2D eigenvalue weighted by Crippen LogP contribution is -2.34. The summed E-state index contributed by atoms with van der Waals surface area (Å²) in [5.74, 6) is 0.0759. The van der Waals surface area contributed by atoms with Crippen molar-refractivity contribution < 1.29 is 19.1 Å². The van der Waals surface area contributed by atoms with Crippen LogP contribution in [0.4, 0.5) is 5.69 Å². The third-order valence-corrected chi connectivity index (χ3v) is 4.40. The van der Waals surface area contributed by atoms with E-state index in [1.807, 2.05) is 13.8 Å². The van der Waals surface area contributed by atoms with E-state index in [4.69, 9.17) is 21.7 Å². The lowest BCUT2D eigenvalue weighted by molar-refractivity contribution is 0.0535. The molecule has 2 N–H and O–H groups in total. The van der Waals surface area contributed by atoms with Crippen LogP contribution in [0.15, 0.2) is 42.5 Å². The van der Waals surface area contributed by atoms with Gasteiger partial charge >= 0.3 is 5.97 Å². The minimum absolute atomic E-state index is 0.120. The van der Waals surface area contributed by atoms with Crippen molar-refractivity contribution in [1.29, 1.82) is 0 Å². The molecule has 27 heavy (non-hydrogen) atoms. The number of ether oxygens (including phenoxy) is 2. The maximum atomic E-state index is 12.3. The minimum atomic E-state index is -0.326. The maximum Gasteiger partial charge on any atom is 0.338 e. The van der Waals surface area contributed by atoms with Crippen LogP contribution in [-0.4, -0.2) is 23.1 Å². The Labute approximate surface area is 162 Å². The summed E-state index contributed by atoms with van der Waals surface area (Å²) in [5.41, 5.74) is 2.49. The number of benzene rings is 2. The van der Waals surface area contributed by atoms with Gasteiger partial charge in [-0.2, -0.15) is 0 Å². The van der Waals surface area contributed by atoms with Crippen LogP contribution in [0.1, 0.15) is 46.5 Å². The summed E-state index contributed by atoms with van der Waals surface area (Å²) in [7, 11) is 0. The number of thiocarbonyl (C=S) groups is 1. The Morgan fingerprint density at radius 3 is 2.70 bits per heavy atom. The van der Waals surface area contributed by atoms with E-state index in [1.54, 1.807) is 42.5 Å². The van der Waals surface area contributed by atoms with Crippen LogP contribution in [0, 0.1) is 0 Å². The number of amides is 1.